The first kappa shape index (κ1) is 21.8. The highest BCUT2D eigenvalue weighted by atomic mass is 35.5. The van der Waals surface area contributed by atoms with E-state index in [1.807, 2.05) is 77.8 Å². The normalized spacial score (nSPS) is 18.9. The Kier molecular flexibility index (Phi) is 5.72. The van der Waals surface area contributed by atoms with Gasteiger partial charge in [0.15, 0.2) is 5.17 Å². The van der Waals surface area contributed by atoms with Crippen LogP contribution in [0.15, 0.2) is 112 Å². The van der Waals surface area contributed by atoms with E-state index in [-0.39, 0.29) is 11.9 Å². The lowest BCUT2D eigenvalue weighted by Crippen LogP contribution is -2.23. The third-order valence-corrected chi connectivity index (χ3v) is 7.38. The molecule has 0 saturated carbocycles. The number of hydrogen-bond donors (Lipinski definition) is 0. The van der Waals surface area contributed by atoms with E-state index in [0.717, 1.165) is 22.4 Å². The van der Waals surface area contributed by atoms with E-state index >= 15 is 0 Å². The van der Waals surface area contributed by atoms with Gasteiger partial charge in [0.1, 0.15) is 0 Å². The Morgan fingerprint density at radius 3 is 2.43 bits per heavy atom. The average molecular weight is 494 g/mol. The van der Waals surface area contributed by atoms with Crippen LogP contribution < -0.4 is 0 Å². The highest BCUT2D eigenvalue weighted by molar-refractivity contribution is 8.18. The standard InChI is InChI=1S/C29H20ClN3OS/c30-24-14-12-21(13-15-24)26-18-25(23-11-10-20-8-4-5-9-22(20)17-23)32-33(26)29-31-28(34)27(35-29)16-19-6-2-1-3-7-19/h1-17,26H,18H2/b27-16-. The van der Waals surface area contributed by atoms with Crippen molar-refractivity contribution in [3.8, 4) is 0 Å². The number of amides is 1. The zero-order chi connectivity index (χ0) is 23.8. The van der Waals surface area contributed by atoms with Crippen LogP contribution in [0.25, 0.3) is 16.8 Å². The lowest BCUT2D eigenvalue weighted by Gasteiger charge is -2.22. The molecule has 170 valence electrons. The second kappa shape index (κ2) is 9.17. The Bertz CT molecular complexity index is 1530. The van der Waals surface area contributed by atoms with Gasteiger partial charge in [0.2, 0.25) is 0 Å². The summed E-state index contributed by atoms with van der Waals surface area (Å²) >= 11 is 7.52. The fourth-order valence-electron chi connectivity index (χ4n) is 4.37. The minimum Gasteiger partial charge on any atom is -0.266 e. The molecule has 0 saturated heterocycles. The number of carbonyl (C=O) groups excluding carboxylic acids is 1. The molecule has 6 rings (SSSR count). The van der Waals surface area contributed by atoms with Crippen molar-refractivity contribution < 1.29 is 4.79 Å². The molecule has 2 aliphatic heterocycles. The topological polar surface area (TPSA) is 45.0 Å². The number of benzene rings is 4. The molecule has 0 spiro atoms. The number of carbonyl (C=O) groups is 1. The third kappa shape index (κ3) is 4.41. The third-order valence-electron chi connectivity index (χ3n) is 6.15. The monoisotopic (exact) mass is 493 g/mol. The summed E-state index contributed by atoms with van der Waals surface area (Å²) in [6.45, 7) is 0. The van der Waals surface area contributed by atoms with Gasteiger partial charge >= 0.3 is 0 Å². The van der Waals surface area contributed by atoms with Crippen LogP contribution in [0.2, 0.25) is 5.02 Å². The minimum atomic E-state index is -0.238. The van der Waals surface area contributed by atoms with Gasteiger partial charge in [-0.2, -0.15) is 10.1 Å². The second-order valence-electron chi connectivity index (χ2n) is 8.45. The van der Waals surface area contributed by atoms with Crippen molar-refractivity contribution >= 4 is 57.0 Å². The van der Waals surface area contributed by atoms with E-state index < -0.39 is 0 Å². The summed E-state index contributed by atoms with van der Waals surface area (Å²) in [6, 6.07) is 32.2. The Hall–Kier alpha value is -3.67. The van der Waals surface area contributed by atoms with Gasteiger partial charge in [-0.05, 0) is 63.5 Å². The van der Waals surface area contributed by atoms with Crippen molar-refractivity contribution in [1.29, 1.82) is 0 Å². The van der Waals surface area contributed by atoms with Crippen molar-refractivity contribution in [2.24, 2.45) is 10.1 Å². The zero-order valence-electron chi connectivity index (χ0n) is 18.6. The van der Waals surface area contributed by atoms with Crippen LogP contribution in [0.4, 0.5) is 0 Å². The molecule has 6 heteroatoms. The molecule has 0 bridgehead atoms. The number of hydrogen-bond acceptors (Lipinski definition) is 4. The Labute approximate surface area is 212 Å². The van der Waals surface area contributed by atoms with Crippen LogP contribution in [-0.2, 0) is 4.79 Å². The SMILES string of the molecule is O=C1N=C(N2N=C(c3ccc4ccccc4c3)CC2c2ccc(Cl)cc2)S/C1=C\c1ccccc1. The van der Waals surface area contributed by atoms with Gasteiger partial charge < -0.3 is 0 Å². The Morgan fingerprint density at radius 1 is 0.886 bits per heavy atom. The number of fused-ring (bicyclic) bond motifs is 1. The number of amidine groups is 1. The maximum Gasteiger partial charge on any atom is 0.286 e. The molecule has 1 unspecified atom stereocenters. The molecule has 0 radical (unpaired) electrons. The van der Waals surface area contributed by atoms with Crippen LogP contribution in [0.5, 0.6) is 0 Å². The molecule has 0 aliphatic carbocycles. The zero-order valence-corrected chi connectivity index (χ0v) is 20.2. The molecule has 4 nitrogen and oxygen atoms in total. The van der Waals surface area contributed by atoms with Gasteiger partial charge in [0, 0.05) is 11.4 Å². The lowest BCUT2D eigenvalue weighted by molar-refractivity contribution is -0.113. The van der Waals surface area contributed by atoms with Gasteiger partial charge in [-0.15, -0.1) is 0 Å². The summed E-state index contributed by atoms with van der Waals surface area (Å²) in [5.41, 5.74) is 4.08. The molecule has 1 atom stereocenters. The first-order chi connectivity index (χ1) is 17.1. The van der Waals surface area contributed by atoms with Crippen molar-refractivity contribution in [2.45, 2.75) is 12.5 Å². The summed E-state index contributed by atoms with van der Waals surface area (Å²) < 4.78 is 0. The number of thioether (sulfide) groups is 1. The number of halogens is 1. The highest BCUT2D eigenvalue weighted by Crippen LogP contribution is 2.40. The van der Waals surface area contributed by atoms with Crippen molar-refractivity contribution in [3.63, 3.8) is 0 Å². The lowest BCUT2D eigenvalue weighted by atomic mass is 9.97. The van der Waals surface area contributed by atoms with Crippen molar-refractivity contribution in [1.82, 2.24) is 5.01 Å². The second-order valence-corrected chi connectivity index (χ2v) is 9.89. The maximum atomic E-state index is 12.8. The van der Waals surface area contributed by atoms with E-state index in [1.54, 1.807) is 0 Å². The van der Waals surface area contributed by atoms with E-state index in [9.17, 15) is 4.79 Å². The molecule has 4 aromatic carbocycles. The summed E-state index contributed by atoms with van der Waals surface area (Å²) in [5.74, 6) is -0.238. The molecule has 0 aromatic heterocycles. The molecule has 0 fully saturated rings. The molecular weight excluding hydrogens is 474 g/mol. The predicted molar refractivity (Wildman–Crippen MR) is 146 cm³/mol. The summed E-state index contributed by atoms with van der Waals surface area (Å²) in [7, 11) is 0. The van der Waals surface area contributed by atoms with E-state index in [0.29, 0.717) is 21.5 Å². The van der Waals surface area contributed by atoms with E-state index in [1.165, 1.54) is 22.5 Å². The Balaban J connectivity index is 1.37. The average Bonchev–Trinajstić information content (AvgIpc) is 3.49. The van der Waals surface area contributed by atoms with Gasteiger partial charge in [-0.25, -0.2) is 5.01 Å². The van der Waals surface area contributed by atoms with Crippen molar-refractivity contribution in [3.05, 3.63) is 124 Å². The predicted octanol–water partition coefficient (Wildman–Crippen LogP) is 7.31. The highest BCUT2D eigenvalue weighted by Gasteiger charge is 2.36. The van der Waals surface area contributed by atoms with Crippen LogP contribution in [-0.4, -0.2) is 21.8 Å². The van der Waals surface area contributed by atoms with E-state index in [4.69, 9.17) is 16.7 Å². The van der Waals surface area contributed by atoms with Crippen LogP contribution in [0.3, 0.4) is 0 Å². The smallest absolute Gasteiger partial charge is 0.266 e. The molecular formula is C29H20ClN3OS. The van der Waals surface area contributed by atoms with E-state index in [2.05, 4.69) is 35.3 Å². The molecule has 35 heavy (non-hydrogen) atoms. The van der Waals surface area contributed by atoms with Crippen LogP contribution >= 0.6 is 23.4 Å². The first-order valence-corrected chi connectivity index (χ1v) is 12.5. The quantitative estimate of drug-likeness (QED) is 0.281. The maximum absolute atomic E-state index is 12.8. The van der Waals surface area contributed by atoms with Crippen LogP contribution in [0, 0.1) is 0 Å². The molecule has 2 aliphatic rings. The largest absolute Gasteiger partial charge is 0.286 e. The van der Waals surface area contributed by atoms with Gasteiger partial charge in [0.25, 0.3) is 5.91 Å². The number of rotatable bonds is 3. The Morgan fingerprint density at radius 2 is 1.63 bits per heavy atom. The summed E-state index contributed by atoms with van der Waals surface area (Å²) in [5, 5.41) is 10.5. The van der Waals surface area contributed by atoms with Crippen LogP contribution in [0.1, 0.15) is 29.2 Å². The number of nitrogens with zero attached hydrogens (tertiary/aromatic N) is 3. The number of aliphatic imine (C=N–C) groups is 1. The molecule has 2 heterocycles. The fraction of sp³-hybridized carbons (Fsp3) is 0.0690. The molecule has 1 amide bonds. The van der Waals surface area contributed by atoms with Gasteiger partial charge in [0.05, 0.1) is 16.7 Å². The van der Waals surface area contributed by atoms with Gasteiger partial charge in [-0.3, -0.25) is 4.79 Å². The fourth-order valence-corrected chi connectivity index (χ4v) is 5.41. The molecule has 4 aromatic rings. The molecule has 0 N–H and O–H groups in total. The number of hydrazone groups is 1. The summed E-state index contributed by atoms with van der Waals surface area (Å²) in [4.78, 5) is 17.7. The van der Waals surface area contributed by atoms with Crippen molar-refractivity contribution in [2.75, 3.05) is 0 Å². The summed E-state index contributed by atoms with van der Waals surface area (Å²) in [6.07, 6.45) is 2.58. The van der Waals surface area contributed by atoms with Gasteiger partial charge in [-0.1, -0.05) is 90.5 Å². The first-order valence-electron chi connectivity index (χ1n) is 11.3. The minimum absolute atomic E-state index is 0.0798.